The lowest BCUT2D eigenvalue weighted by Gasteiger charge is -2.33. The van der Waals surface area contributed by atoms with Crippen molar-refractivity contribution in [1.29, 1.82) is 0 Å². The van der Waals surface area contributed by atoms with Gasteiger partial charge in [0, 0.05) is 248 Å². The summed E-state index contributed by atoms with van der Waals surface area (Å²) in [5, 5.41) is 38.5. The fraction of sp³-hybridized carbons (Fsp3) is 0.407. The Labute approximate surface area is 815 Å². The van der Waals surface area contributed by atoms with E-state index in [1.807, 2.05) is 117 Å². The Kier molecular flexibility index (Phi) is 25.3. The van der Waals surface area contributed by atoms with Crippen molar-refractivity contribution in [3.8, 4) is 44.6 Å². The minimum absolute atomic E-state index is 0.0932. The average molecular weight is 1880 g/mol. The first kappa shape index (κ1) is 91.0. The summed E-state index contributed by atoms with van der Waals surface area (Å²) >= 11 is 0. The number of aromatic nitrogens is 16. The molecule has 0 spiro atoms. The van der Waals surface area contributed by atoms with E-state index in [4.69, 9.17) is 39.3 Å². The van der Waals surface area contributed by atoms with E-state index in [-0.39, 0.29) is 35.7 Å². The highest BCUT2D eigenvalue weighted by Crippen LogP contribution is 2.48. The summed E-state index contributed by atoms with van der Waals surface area (Å²) in [4.78, 5) is 66.0. The lowest BCUT2D eigenvalue weighted by molar-refractivity contribution is -0.130. The molecule has 4 amide bonds. The molecule has 1 aliphatic carbocycles. The molecule has 0 radical (unpaired) electrons. The number of fused-ring (bicyclic) bond motifs is 6. The van der Waals surface area contributed by atoms with Crippen molar-refractivity contribution >= 4 is 75.3 Å². The molecule has 1 saturated carbocycles. The number of carbonyl (C=O) groups is 4. The molecule has 11 aliphatic rings. The van der Waals surface area contributed by atoms with E-state index in [1.165, 1.54) is 91.5 Å². The van der Waals surface area contributed by atoms with Gasteiger partial charge in [0.15, 0.2) is 23.3 Å². The molecule has 14 aromatic rings. The van der Waals surface area contributed by atoms with Crippen LogP contribution in [-0.4, -0.2) is 214 Å². The highest BCUT2D eigenvalue weighted by molar-refractivity contribution is 5.83. The molecular formula is C108H122N24O8. The van der Waals surface area contributed by atoms with Crippen LogP contribution in [0, 0.1) is 6.92 Å². The standard InChI is InChI=1S/C29H32N6O2.C28H30N6O2.C26H30N6O2.C25H30N6O2/c1-21(36)33-14-12-28-27(19-33)29(31-35(28)26-13-15-37-20-26)34(17-22-6-4-3-5-7-22)25-10-8-23(9-11-25)24-16-30-32(2)18-24;1-20(35)32-14-12-27-26(18-32)28(30-34(27)25-13-15-36-19-25)33(23-6-4-3-5-7-23)24-10-8-21(9-11-24)22-16-29-31(2)17-22;1-17(33)29-10-8-25-23(14-29)26(28-32(25)22-15-34-16-22)30-9-2-3-19-11-18(4-7-24(19)30)20-12-27-31(13-20)21-5-6-21;1-16-11-24(28(3)26-16)19-6-7-22-18(12-19)5-4-9-30(22)25-21-13-29(17(2)32)10-8-23(21)31(27-25)20-14-33-15-20/h3-11,16,18,26H,12-15,17,19-20H2,1-2H3;3-11,16-17,25H,12-15,18-19H2,1-2H3;4,7,11-13,21-22H,2-3,5-6,8-10,14-16H2,1H3;6-7,11-12,20H,4-5,8-10,13-15H2,1-3H3/t26-;25-;;/m00../s1. The zero-order valence-electron chi connectivity index (χ0n) is 81.2. The van der Waals surface area contributed by atoms with Crippen LogP contribution in [0.5, 0.6) is 0 Å². The van der Waals surface area contributed by atoms with Crippen molar-refractivity contribution in [2.75, 3.05) is 112 Å². The molecule has 8 aromatic heterocycles. The van der Waals surface area contributed by atoms with Crippen molar-refractivity contribution < 1.29 is 38.1 Å². The van der Waals surface area contributed by atoms with Crippen molar-refractivity contribution in [2.45, 2.75) is 175 Å². The van der Waals surface area contributed by atoms with E-state index >= 15 is 0 Å². The van der Waals surface area contributed by atoms with Gasteiger partial charge in [-0.1, -0.05) is 84.9 Å². The first-order valence-electron chi connectivity index (χ1n) is 49.8. The Bertz CT molecular complexity index is 6890. The second-order valence-corrected chi connectivity index (χ2v) is 39.0. The van der Waals surface area contributed by atoms with Gasteiger partial charge in [0.25, 0.3) is 0 Å². The highest BCUT2D eigenvalue weighted by Gasteiger charge is 2.41. The summed E-state index contributed by atoms with van der Waals surface area (Å²) in [5.74, 6) is 4.28. The molecule has 2 atom stereocenters. The van der Waals surface area contributed by atoms with Crippen LogP contribution in [0.25, 0.3) is 44.6 Å². The topological polar surface area (TPSA) is 274 Å². The molecule has 5 fully saturated rings. The van der Waals surface area contributed by atoms with Crippen LogP contribution >= 0.6 is 0 Å². The number of rotatable bonds is 18. The maximum atomic E-state index is 12.3. The summed E-state index contributed by atoms with van der Waals surface area (Å²) in [6.07, 6.45) is 23.9. The molecule has 0 bridgehead atoms. The molecule has 0 unspecified atom stereocenters. The Morgan fingerprint density at radius 1 is 0.379 bits per heavy atom. The van der Waals surface area contributed by atoms with Crippen LogP contribution in [0.2, 0.25) is 0 Å². The van der Waals surface area contributed by atoms with E-state index in [0.717, 1.165) is 208 Å². The summed E-state index contributed by atoms with van der Waals surface area (Å²) in [6.45, 7) is 22.3. The second kappa shape index (κ2) is 39.0. The Hall–Kier alpha value is -14.1. The van der Waals surface area contributed by atoms with E-state index in [2.05, 4.69) is 197 Å². The van der Waals surface area contributed by atoms with Gasteiger partial charge in [-0.2, -0.15) is 40.8 Å². The van der Waals surface area contributed by atoms with Crippen LogP contribution in [0.4, 0.5) is 51.7 Å². The van der Waals surface area contributed by atoms with Gasteiger partial charge in [-0.3, -0.25) is 61.5 Å². The Morgan fingerprint density at radius 3 is 1.25 bits per heavy atom. The van der Waals surface area contributed by atoms with Crippen molar-refractivity contribution in [3.05, 3.63) is 256 Å². The third-order valence-corrected chi connectivity index (χ3v) is 29.6. The minimum Gasteiger partial charge on any atom is -0.379 e. The van der Waals surface area contributed by atoms with E-state index in [9.17, 15) is 19.2 Å². The average Bonchev–Trinajstić information content (AvgIpc) is 1.60. The van der Waals surface area contributed by atoms with Crippen LogP contribution in [0.15, 0.2) is 189 Å². The third kappa shape index (κ3) is 18.3. The lowest BCUT2D eigenvalue weighted by atomic mass is 9.96. The van der Waals surface area contributed by atoms with Crippen molar-refractivity contribution in [1.82, 2.24) is 97.8 Å². The number of anilines is 9. The van der Waals surface area contributed by atoms with Gasteiger partial charge in [0.2, 0.25) is 23.6 Å². The second-order valence-electron chi connectivity index (χ2n) is 39.0. The fourth-order valence-corrected chi connectivity index (χ4v) is 21.7. The smallest absolute Gasteiger partial charge is 0.219 e. The molecule has 10 aliphatic heterocycles. The normalized spacial score (nSPS) is 18.1. The van der Waals surface area contributed by atoms with Crippen LogP contribution in [-0.2, 0) is 131 Å². The maximum Gasteiger partial charge on any atom is 0.219 e. The van der Waals surface area contributed by atoms with Gasteiger partial charge in [-0.05, 0) is 158 Å². The molecule has 0 N–H and O–H groups in total. The number of amides is 4. The van der Waals surface area contributed by atoms with Gasteiger partial charge >= 0.3 is 0 Å². The van der Waals surface area contributed by atoms with E-state index in [1.54, 1.807) is 27.7 Å². The molecule has 32 heteroatoms. The summed E-state index contributed by atoms with van der Waals surface area (Å²) in [5.41, 5.74) is 29.3. The van der Waals surface area contributed by atoms with Gasteiger partial charge in [0.05, 0.1) is 126 Å². The number of ether oxygens (including phenoxy) is 4. The number of nitrogens with zero attached hydrogens (tertiary/aromatic N) is 24. The maximum absolute atomic E-state index is 12.3. The van der Waals surface area contributed by atoms with Crippen molar-refractivity contribution in [3.63, 3.8) is 0 Å². The van der Waals surface area contributed by atoms with Gasteiger partial charge in [0.1, 0.15) is 0 Å². The van der Waals surface area contributed by atoms with Crippen LogP contribution in [0.3, 0.4) is 0 Å². The lowest BCUT2D eigenvalue weighted by Crippen LogP contribution is -2.37. The van der Waals surface area contributed by atoms with Gasteiger partial charge < -0.3 is 53.2 Å². The molecule has 4 saturated heterocycles. The summed E-state index contributed by atoms with van der Waals surface area (Å²) in [7, 11) is 5.85. The molecule has 32 nitrogen and oxygen atoms in total. The highest BCUT2D eigenvalue weighted by atomic mass is 16.5. The van der Waals surface area contributed by atoms with Gasteiger partial charge in [-0.25, -0.2) is 0 Å². The fourth-order valence-electron chi connectivity index (χ4n) is 21.7. The molecule has 722 valence electrons. The molecular weight excluding hydrogens is 1760 g/mol. The van der Waals surface area contributed by atoms with Crippen LogP contribution < -0.4 is 19.6 Å². The number of benzene rings is 6. The van der Waals surface area contributed by atoms with Crippen LogP contribution in [0.1, 0.15) is 164 Å². The van der Waals surface area contributed by atoms with E-state index < -0.39 is 0 Å². The number of aryl methyl sites for hydroxylation is 6. The Morgan fingerprint density at radius 2 is 0.800 bits per heavy atom. The molecule has 25 rings (SSSR count). The SMILES string of the molecule is CC(=O)N1CCc2c(c(N(Cc3ccccc3)c3ccc(-c4cnn(C)c4)cc3)nn2[C@H]2CCOC2)C1.CC(=O)N1CCc2c(c(N(c3ccccc3)c3ccc(-c4cnn(C)c4)cc3)nn2[C@H]2CCOC2)C1.CC(=O)N1CCc2c(c(N3CCCc4cc(-c5cc(C)nn5C)ccc43)nn2C2COC2)C1.CC(=O)N1CCc2c(c(N3CCCc4cc(-c5cnn(C6CC6)c5)ccc43)nn2C2COC2)C1. The molecule has 140 heavy (non-hydrogen) atoms. The molecule has 6 aromatic carbocycles. The predicted octanol–water partition coefficient (Wildman–Crippen LogP) is 15.9. The quantitative estimate of drug-likeness (QED) is 0.0772. The van der Waals surface area contributed by atoms with Gasteiger partial charge in [-0.15, -0.1) is 0 Å². The third-order valence-electron chi connectivity index (χ3n) is 29.6. The number of para-hydroxylation sites is 1. The molecule has 18 heterocycles. The zero-order valence-corrected chi connectivity index (χ0v) is 81.2. The largest absolute Gasteiger partial charge is 0.379 e. The number of carbonyl (C=O) groups excluding carboxylic acids is 4. The zero-order chi connectivity index (χ0) is 95.5. The number of hydrogen-bond acceptors (Lipinski definition) is 20. The minimum atomic E-state index is 0.0932. The summed E-state index contributed by atoms with van der Waals surface area (Å²) in [6, 6.07) is 55.2. The first-order valence-corrected chi connectivity index (χ1v) is 49.8. The summed E-state index contributed by atoms with van der Waals surface area (Å²) < 4.78 is 38.8. The first-order chi connectivity index (χ1) is 68.3. The van der Waals surface area contributed by atoms with Crippen molar-refractivity contribution in [2.24, 2.45) is 21.1 Å². The predicted molar refractivity (Wildman–Crippen MR) is 535 cm³/mol. The van der Waals surface area contributed by atoms with E-state index in [0.29, 0.717) is 83.8 Å². The monoisotopic (exact) mass is 1880 g/mol. The number of hydrogen-bond donors (Lipinski definition) is 0. The Balaban J connectivity index is 0.000000107.